The van der Waals surface area contributed by atoms with Crippen molar-refractivity contribution >= 4 is 16.0 Å². The second-order valence-corrected chi connectivity index (χ2v) is 9.59. The number of carbonyl (C=O) groups is 1. The second kappa shape index (κ2) is 9.40. The van der Waals surface area contributed by atoms with E-state index in [9.17, 15) is 22.7 Å². The third kappa shape index (κ3) is 4.46. The van der Waals surface area contributed by atoms with Crippen LogP contribution in [0.4, 0.5) is 4.39 Å². The Balaban J connectivity index is 1.60. The van der Waals surface area contributed by atoms with Gasteiger partial charge in [-0.2, -0.15) is 4.31 Å². The molecule has 0 fully saturated rings. The fraction of sp³-hybridized carbons (Fsp3) is 0.250. The third-order valence-corrected chi connectivity index (χ3v) is 7.44. The van der Waals surface area contributed by atoms with Gasteiger partial charge in [0, 0.05) is 18.2 Å². The Labute approximate surface area is 196 Å². The summed E-state index contributed by atoms with van der Waals surface area (Å²) in [6.07, 6.45) is 1.30. The van der Waals surface area contributed by atoms with E-state index in [1.54, 1.807) is 37.3 Å². The van der Waals surface area contributed by atoms with Crippen LogP contribution < -0.4 is 9.47 Å². The summed E-state index contributed by atoms with van der Waals surface area (Å²) in [4.78, 5) is 15.9. The molecule has 3 aromatic rings. The first-order valence-corrected chi connectivity index (χ1v) is 12.1. The molecule has 2 heterocycles. The number of nitrogens with zero attached hydrogens (tertiary/aromatic N) is 2. The predicted octanol–water partition coefficient (Wildman–Crippen LogP) is 4.09. The van der Waals surface area contributed by atoms with Crippen LogP contribution in [0.2, 0.25) is 0 Å². The molecule has 8 nitrogen and oxygen atoms in total. The van der Waals surface area contributed by atoms with Crippen LogP contribution in [0.5, 0.6) is 17.4 Å². The Bertz CT molecular complexity index is 1310. The van der Waals surface area contributed by atoms with E-state index in [4.69, 9.17) is 9.47 Å². The van der Waals surface area contributed by atoms with Crippen molar-refractivity contribution in [3.63, 3.8) is 0 Å². The van der Waals surface area contributed by atoms with Gasteiger partial charge < -0.3 is 14.6 Å². The molecule has 0 amide bonds. The van der Waals surface area contributed by atoms with Crippen LogP contribution in [0.1, 0.15) is 29.7 Å². The molecule has 178 valence electrons. The molecule has 0 bridgehead atoms. The summed E-state index contributed by atoms with van der Waals surface area (Å²) in [5.74, 6) is -0.867. The highest BCUT2D eigenvalue weighted by atomic mass is 32.2. The number of sulfonamides is 1. The first-order valence-electron chi connectivity index (χ1n) is 10.6. The summed E-state index contributed by atoms with van der Waals surface area (Å²) in [5.41, 5.74) is 1.12. The van der Waals surface area contributed by atoms with Crippen molar-refractivity contribution in [2.75, 3.05) is 13.2 Å². The minimum Gasteiger partial charge on any atom is -0.494 e. The van der Waals surface area contributed by atoms with E-state index < -0.39 is 27.9 Å². The van der Waals surface area contributed by atoms with Gasteiger partial charge in [0.15, 0.2) is 6.04 Å². The van der Waals surface area contributed by atoms with Crippen LogP contribution in [-0.4, -0.2) is 41.9 Å². The lowest BCUT2D eigenvalue weighted by Crippen LogP contribution is -2.44. The minimum absolute atomic E-state index is 0.0962. The van der Waals surface area contributed by atoms with Gasteiger partial charge in [-0.25, -0.2) is 17.8 Å². The van der Waals surface area contributed by atoms with Crippen molar-refractivity contribution in [3.8, 4) is 17.4 Å². The number of aromatic nitrogens is 1. The summed E-state index contributed by atoms with van der Waals surface area (Å²) >= 11 is 0. The molecule has 0 saturated heterocycles. The first kappa shape index (κ1) is 23.7. The molecule has 0 spiro atoms. The van der Waals surface area contributed by atoms with Gasteiger partial charge in [-0.1, -0.05) is 6.07 Å². The van der Waals surface area contributed by atoms with Crippen LogP contribution in [-0.2, 0) is 21.2 Å². The number of carboxylic acids is 1. The van der Waals surface area contributed by atoms with Crippen molar-refractivity contribution in [2.24, 2.45) is 0 Å². The smallest absolute Gasteiger partial charge is 0.326 e. The molecular formula is C24H23FN2O6S. The van der Waals surface area contributed by atoms with Gasteiger partial charge in [-0.15, -0.1) is 0 Å². The normalized spacial score (nSPS) is 16.0. The molecule has 1 atom stereocenters. The average Bonchev–Trinajstić information content (AvgIpc) is 2.82. The number of hydrogen-bond acceptors (Lipinski definition) is 6. The van der Waals surface area contributed by atoms with Gasteiger partial charge in [-0.3, -0.25) is 4.79 Å². The first-order chi connectivity index (χ1) is 16.2. The highest BCUT2D eigenvalue weighted by Crippen LogP contribution is 2.37. The lowest BCUT2D eigenvalue weighted by atomic mass is 9.90. The van der Waals surface area contributed by atoms with E-state index in [0.717, 1.165) is 22.1 Å². The number of ether oxygens (including phenoxy) is 2. The number of halogens is 1. The molecule has 1 aromatic heterocycles. The standard InChI is InChI=1S/C24H23FN2O6S/c1-3-32-16-5-7-17(8-6-16)33-21-11-9-18(14-26-21)34(30,31)27-13-12-19-15(2)4-10-20(25)22(19)23(27)24(28)29/h4-11,14,23H,3,12-13H2,1-2H3,(H,28,29). The van der Waals surface area contributed by atoms with Crippen molar-refractivity contribution in [2.45, 2.75) is 31.2 Å². The maximum absolute atomic E-state index is 14.6. The molecule has 0 saturated carbocycles. The lowest BCUT2D eigenvalue weighted by molar-refractivity contribution is -0.142. The minimum atomic E-state index is -4.28. The number of rotatable bonds is 7. The Morgan fingerprint density at radius 2 is 1.85 bits per heavy atom. The van der Waals surface area contributed by atoms with Crippen molar-refractivity contribution in [1.82, 2.24) is 9.29 Å². The van der Waals surface area contributed by atoms with Crippen LogP contribution in [0.15, 0.2) is 59.6 Å². The molecule has 2 aromatic carbocycles. The molecule has 1 unspecified atom stereocenters. The summed E-state index contributed by atoms with van der Waals surface area (Å²) in [6, 6.07) is 10.6. The van der Waals surface area contributed by atoms with Gasteiger partial charge in [0.25, 0.3) is 0 Å². The summed E-state index contributed by atoms with van der Waals surface area (Å²) < 4.78 is 53.1. The zero-order valence-electron chi connectivity index (χ0n) is 18.6. The number of aryl methyl sites for hydroxylation is 1. The molecule has 1 aliphatic rings. The number of benzene rings is 2. The Kier molecular flexibility index (Phi) is 6.54. The third-order valence-electron chi connectivity index (χ3n) is 5.59. The van der Waals surface area contributed by atoms with Crippen molar-refractivity contribution < 1.29 is 32.2 Å². The van der Waals surface area contributed by atoms with Crippen LogP contribution in [0.25, 0.3) is 0 Å². The summed E-state index contributed by atoms with van der Waals surface area (Å²) in [5, 5.41) is 9.83. The Morgan fingerprint density at radius 3 is 2.47 bits per heavy atom. The number of aliphatic carboxylic acids is 1. The maximum atomic E-state index is 14.6. The number of hydrogen-bond donors (Lipinski definition) is 1. The molecule has 1 aliphatic heterocycles. The fourth-order valence-electron chi connectivity index (χ4n) is 3.98. The van der Waals surface area contributed by atoms with Crippen LogP contribution in [0.3, 0.4) is 0 Å². The van der Waals surface area contributed by atoms with Gasteiger partial charge >= 0.3 is 5.97 Å². The highest BCUT2D eigenvalue weighted by Gasteiger charge is 2.42. The quantitative estimate of drug-likeness (QED) is 0.536. The van der Waals surface area contributed by atoms with Crippen LogP contribution in [0, 0.1) is 12.7 Å². The van der Waals surface area contributed by atoms with E-state index in [0.29, 0.717) is 23.7 Å². The van der Waals surface area contributed by atoms with E-state index in [1.807, 2.05) is 6.92 Å². The molecule has 10 heteroatoms. The SMILES string of the molecule is CCOc1ccc(Oc2ccc(S(=O)(=O)N3CCc4c(C)ccc(F)c4C3C(=O)O)cn2)cc1. The lowest BCUT2D eigenvalue weighted by Gasteiger charge is -2.34. The van der Waals surface area contributed by atoms with Gasteiger partial charge in [0.1, 0.15) is 22.2 Å². The fourth-order valence-corrected chi connectivity index (χ4v) is 5.48. The van der Waals surface area contributed by atoms with E-state index >= 15 is 0 Å². The number of pyridine rings is 1. The zero-order chi connectivity index (χ0) is 24.5. The van der Waals surface area contributed by atoms with Gasteiger partial charge in [0.2, 0.25) is 15.9 Å². The van der Waals surface area contributed by atoms with Crippen molar-refractivity contribution in [1.29, 1.82) is 0 Å². The Hall–Kier alpha value is -3.50. The predicted molar refractivity (Wildman–Crippen MR) is 121 cm³/mol. The molecular weight excluding hydrogens is 463 g/mol. The molecule has 4 rings (SSSR count). The largest absolute Gasteiger partial charge is 0.494 e. The average molecular weight is 487 g/mol. The molecule has 1 N–H and O–H groups in total. The zero-order valence-corrected chi connectivity index (χ0v) is 19.4. The van der Waals surface area contributed by atoms with Gasteiger partial charge in [-0.05, 0) is 67.8 Å². The number of fused-ring (bicyclic) bond motifs is 1. The van der Waals surface area contributed by atoms with E-state index in [-0.39, 0.29) is 29.3 Å². The summed E-state index contributed by atoms with van der Waals surface area (Å²) in [7, 11) is -4.28. The monoisotopic (exact) mass is 486 g/mol. The maximum Gasteiger partial charge on any atom is 0.326 e. The van der Waals surface area contributed by atoms with Gasteiger partial charge in [0.05, 0.1) is 12.8 Å². The topological polar surface area (TPSA) is 106 Å². The molecule has 34 heavy (non-hydrogen) atoms. The summed E-state index contributed by atoms with van der Waals surface area (Å²) in [6.45, 7) is 4.06. The van der Waals surface area contributed by atoms with E-state index in [2.05, 4.69) is 4.98 Å². The Morgan fingerprint density at radius 1 is 1.15 bits per heavy atom. The molecule has 0 aliphatic carbocycles. The second-order valence-electron chi connectivity index (χ2n) is 7.70. The van der Waals surface area contributed by atoms with E-state index in [1.165, 1.54) is 12.1 Å². The van der Waals surface area contributed by atoms with Crippen molar-refractivity contribution in [3.05, 3.63) is 77.2 Å². The number of carboxylic acid groups (broad SMARTS) is 1. The highest BCUT2D eigenvalue weighted by molar-refractivity contribution is 7.89. The molecule has 0 radical (unpaired) electrons. The van der Waals surface area contributed by atoms with Crippen LogP contribution >= 0.6 is 0 Å².